The van der Waals surface area contributed by atoms with E-state index in [9.17, 15) is 0 Å². The fourth-order valence-electron chi connectivity index (χ4n) is 2.72. The Morgan fingerprint density at radius 1 is 1.14 bits per heavy atom. The Bertz CT molecular complexity index is 930. The van der Waals surface area contributed by atoms with E-state index in [-0.39, 0.29) is 24.0 Å². The van der Waals surface area contributed by atoms with Gasteiger partial charge in [-0.1, -0.05) is 29.3 Å². The summed E-state index contributed by atoms with van der Waals surface area (Å²) in [6.07, 6.45) is 8.93. The highest BCUT2D eigenvalue weighted by atomic mass is 127. The van der Waals surface area contributed by atoms with Crippen molar-refractivity contribution in [3.05, 3.63) is 76.4 Å². The quantitative estimate of drug-likeness (QED) is 0.199. The maximum Gasteiger partial charge on any atom is 0.191 e. The third-order valence-corrected chi connectivity index (χ3v) is 4.78. The molecule has 0 unspecified atom stereocenters. The minimum absolute atomic E-state index is 0. The molecular formula is C20H23Cl2IN6. The first kappa shape index (κ1) is 23.4. The van der Waals surface area contributed by atoms with Crippen molar-refractivity contribution < 1.29 is 0 Å². The van der Waals surface area contributed by atoms with Gasteiger partial charge in [-0.25, -0.2) is 9.97 Å². The summed E-state index contributed by atoms with van der Waals surface area (Å²) in [6.45, 7) is 1.43. The number of halogens is 3. The normalized spacial score (nSPS) is 11.1. The van der Waals surface area contributed by atoms with Crippen molar-refractivity contribution in [2.75, 3.05) is 13.6 Å². The Kier molecular flexibility index (Phi) is 9.69. The lowest BCUT2D eigenvalue weighted by molar-refractivity contribution is 0.741. The van der Waals surface area contributed by atoms with Gasteiger partial charge in [-0.2, -0.15) is 0 Å². The van der Waals surface area contributed by atoms with E-state index in [1.807, 2.05) is 35.0 Å². The maximum absolute atomic E-state index is 6.21. The molecule has 0 saturated carbocycles. The Balaban J connectivity index is 0.00000300. The number of guanidine groups is 1. The monoisotopic (exact) mass is 544 g/mol. The zero-order valence-corrected chi connectivity index (χ0v) is 19.8. The molecule has 29 heavy (non-hydrogen) atoms. The molecule has 0 aliphatic rings. The van der Waals surface area contributed by atoms with Crippen LogP contribution in [0.4, 0.5) is 0 Å². The molecule has 3 aromatic rings. The fraction of sp³-hybridized carbons (Fsp3) is 0.250. The SMILES string of the molecule is CN=C(NCCCc1ccc(Cl)cc1Cl)NCc1ccnc(-n2ccnc2)c1.I. The minimum atomic E-state index is 0. The summed E-state index contributed by atoms with van der Waals surface area (Å²) < 4.78 is 1.87. The van der Waals surface area contributed by atoms with E-state index < -0.39 is 0 Å². The Morgan fingerprint density at radius 2 is 2.00 bits per heavy atom. The highest BCUT2D eigenvalue weighted by Gasteiger charge is 2.04. The lowest BCUT2D eigenvalue weighted by Gasteiger charge is -2.13. The summed E-state index contributed by atoms with van der Waals surface area (Å²) in [7, 11) is 1.76. The van der Waals surface area contributed by atoms with E-state index in [2.05, 4.69) is 25.6 Å². The molecule has 0 radical (unpaired) electrons. The molecule has 0 aliphatic carbocycles. The van der Waals surface area contributed by atoms with Crippen molar-refractivity contribution in [3.63, 3.8) is 0 Å². The summed E-state index contributed by atoms with van der Waals surface area (Å²) in [5, 5.41) is 8.01. The number of nitrogens with one attached hydrogen (secondary N) is 2. The Hall–Kier alpha value is -1.84. The largest absolute Gasteiger partial charge is 0.356 e. The van der Waals surface area contributed by atoms with Crippen LogP contribution in [0.2, 0.25) is 10.0 Å². The van der Waals surface area contributed by atoms with Gasteiger partial charge in [0.2, 0.25) is 0 Å². The zero-order chi connectivity index (χ0) is 19.8. The molecule has 2 heterocycles. The molecule has 6 nitrogen and oxygen atoms in total. The predicted octanol–water partition coefficient (Wildman–Crippen LogP) is 4.49. The standard InChI is InChI=1S/C20H22Cl2N6.HI/c1-23-20(26-7-2-3-16-4-5-17(21)12-18(16)22)27-13-15-6-8-25-19(11-15)28-10-9-24-14-28;/h4-6,8-12,14H,2-3,7,13H2,1H3,(H2,23,26,27);1H. The molecule has 154 valence electrons. The number of hydrogen-bond donors (Lipinski definition) is 2. The highest BCUT2D eigenvalue weighted by Crippen LogP contribution is 2.21. The molecule has 9 heteroatoms. The maximum atomic E-state index is 6.21. The van der Waals surface area contributed by atoms with Crippen LogP contribution < -0.4 is 10.6 Å². The minimum Gasteiger partial charge on any atom is -0.356 e. The van der Waals surface area contributed by atoms with Crippen LogP contribution in [0.1, 0.15) is 17.5 Å². The number of aryl methyl sites for hydroxylation is 1. The second kappa shape index (κ2) is 12.0. The molecule has 0 saturated heterocycles. The van der Waals surface area contributed by atoms with Gasteiger partial charge in [-0.3, -0.25) is 9.56 Å². The first-order valence-corrected chi connectivity index (χ1v) is 9.73. The Morgan fingerprint density at radius 3 is 2.72 bits per heavy atom. The summed E-state index contributed by atoms with van der Waals surface area (Å²) in [5.74, 6) is 1.59. The molecule has 2 N–H and O–H groups in total. The van der Waals surface area contributed by atoms with Crippen LogP contribution in [0.3, 0.4) is 0 Å². The third kappa shape index (κ3) is 7.17. The Labute approximate surface area is 197 Å². The van der Waals surface area contributed by atoms with Gasteiger partial charge in [0.05, 0.1) is 0 Å². The van der Waals surface area contributed by atoms with Gasteiger partial charge in [0, 0.05) is 48.8 Å². The second-order valence-electron chi connectivity index (χ2n) is 6.18. The second-order valence-corrected chi connectivity index (χ2v) is 7.03. The topological polar surface area (TPSA) is 67.1 Å². The zero-order valence-electron chi connectivity index (χ0n) is 16.0. The van der Waals surface area contributed by atoms with Crippen molar-refractivity contribution in [1.82, 2.24) is 25.2 Å². The van der Waals surface area contributed by atoms with E-state index in [0.29, 0.717) is 16.6 Å². The van der Waals surface area contributed by atoms with Crippen molar-refractivity contribution in [3.8, 4) is 5.82 Å². The van der Waals surface area contributed by atoms with Gasteiger partial charge in [0.15, 0.2) is 5.96 Å². The summed E-state index contributed by atoms with van der Waals surface area (Å²) >= 11 is 12.1. The summed E-state index contributed by atoms with van der Waals surface area (Å²) in [6, 6.07) is 9.61. The van der Waals surface area contributed by atoms with Crippen LogP contribution in [0.25, 0.3) is 5.82 Å². The van der Waals surface area contributed by atoms with Crippen molar-refractivity contribution in [1.29, 1.82) is 0 Å². The molecule has 0 aliphatic heterocycles. The predicted molar refractivity (Wildman–Crippen MR) is 130 cm³/mol. The van der Waals surface area contributed by atoms with Crippen molar-refractivity contribution in [2.24, 2.45) is 4.99 Å². The van der Waals surface area contributed by atoms with Crippen molar-refractivity contribution >= 4 is 53.1 Å². The molecule has 0 amide bonds. The molecule has 0 atom stereocenters. The molecule has 0 spiro atoms. The van der Waals surface area contributed by atoms with Crippen LogP contribution in [-0.2, 0) is 13.0 Å². The summed E-state index contributed by atoms with van der Waals surface area (Å²) in [4.78, 5) is 12.7. The van der Waals surface area contributed by atoms with E-state index in [1.165, 1.54) is 0 Å². The molecule has 0 fully saturated rings. The van der Waals surface area contributed by atoms with Crippen LogP contribution in [-0.4, -0.2) is 34.1 Å². The number of aromatic nitrogens is 3. The lowest BCUT2D eigenvalue weighted by Crippen LogP contribution is -2.37. The third-order valence-electron chi connectivity index (χ3n) is 4.19. The van der Waals surface area contributed by atoms with Crippen LogP contribution >= 0.6 is 47.2 Å². The van der Waals surface area contributed by atoms with Crippen molar-refractivity contribution in [2.45, 2.75) is 19.4 Å². The number of hydrogen-bond acceptors (Lipinski definition) is 3. The number of aliphatic imine (C=N–C) groups is 1. The number of benzene rings is 1. The average molecular weight is 545 g/mol. The van der Waals surface area contributed by atoms with E-state index in [1.54, 1.807) is 31.8 Å². The van der Waals surface area contributed by atoms with Gasteiger partial charge in [-0.05, 0) is 48.2 Å². The van der Waals surface area contributed by atoms with Gasteiger partial charge in [0.25, 0.3) is 0 Å². The average Bonchev–Trinajstić information content (AvgIpc) is 3.24. The van der Waals surface area contributed by atoms with Gasteiger partial charge in [-0.15, -0.1) is 24.0 Å². The molecule has 3 rings (SSSR count). The number of imidazole rings is 1. The van der Waals surface area contributed by atoms with E-state index in [4.69, 9.17) is 23.2 Å². The molecule has 1 aromatic carbocycles. The van der Waals surface area contributed by atoms with E-state index >= 15 is 0 Å². The number of rotatable bonds is 7. The smallest absolute Gasteiger partial charge is 0.191 e. The van der Waals surface area contributed by atoms with Gasteiger partial charge >= 0.3 is 0 Å². The molecule has 2 aromatic heterocycles. The van der Waals surface area contributed by atoms with Crippen LogP contribution in [0.5, 0.6) is 0 Å². The number of nitrogens with zero attached hydrogens (tertiary/aromatic N) is 4. The van der Waals surface area contributed by atoms with Crippen LogP contribution in [0.15, 0.2) is 60.2 Å². The molecular weight excluding hydrogens is 522 g/mol. The van der Waals surface area contributed by atoms with Crippen LogP contribution in [0, 0.1) is 0 Å². The molecule has 0 bridgehead atoms. The van der Waals surface area contributed by atoms with Gasteiger partial charge in [0.1, 0.15) is 12.1 Å². The first-order valence-electron chi connectivity index (χ1n) is 8.97. The first-order chi connectivity index (χ1) is 13.7. The fourth-order valence-corrected chi connectivity index (χ4v) is 3.23. The number of pyridine rings is 1. The summed E-state index contributed by atoms with van der Waals surface area (Å²) in [5.41, 5.74) is 2.20. The van der Waals surface area contributed by atoms with E-state index in [0.717, 1.165) is 42.3 Å². The van der Waals surface area contributed by atoms with Gasteiger partial charge < -0.3 is 10.6 Å². The highest BCUT2D eigenvalue weighted by molar-refractivity contribution is 14.0. The lowest BCUT2D eigenvalue weighted by atomic mass is 10.1.